The normalized spacial score (nSPS) is 21.1. The average molecular weight is 303 g/mol. The van der Waals surface area contributed by atoms with Crippen LogP contribution in [-0.4, -0.2) is 33.6 Å². The third kappa shape index (κ3) is 2.67. The molecule has 0 aliphatic heterocycles. The lowest BCUT2D eigenvalue weighted by Crippen LogP contribution is -2.32. The Balaban J connectivity index is 1.78. The van der Waals surface area contributed by atoms with Gasteiger partial charge >= 0.3 is 0 Å². The molecule has 1 heterocycles. The van der Waals surface area contributed by atoms with E-state index in [2.05, 4.69) is 10.3 Å². The van der Waals surface area contributed by atoms with Gasteiger partial charge in [-0.15, -0.1) is 0 Å². The van der Waals surface area contributed by atoms with Gasteiger partial charge in [-0.25, -0.2) is 0 Å². The fourth-order valence-electron chi connectivity index (χ4n) is 2.98. The van der Waals surface area contributed by atoms with E-state index in [1.807, 2.05) is 0 Å². The minimum Gasteiger partial charge on any atom is -0.393 e. The highest BCUT2D eigenvalue weighted by atomic mass is 16.6. The van der Waals surface area contributed by atoms with E-state index in [1.54, 1.807) is 12.3 Å². The molecule has 1 saturated carbocycles. The molecule has 0 radical (unpaired) electrons. The smallest absolute Gasteiger partial charge is 0.270 e. The maximum Gasteiger partial charge on any atom is 0.270 e. The van der Waals surface area contributed by atoms with Gasteiger partial charge in [0.2, 0.25) is 0 Å². The maximum absolute atomic E-state index is 12.3. The number of nitrogens with one attached hydrogen (secondary N) is 2. The Labute approximate surface area is 126 Å². The van der Waals surface area contributed by atoms with Gasteiger partial charge in [0.05, 0.1) is 16.6 Å². The van der Waals surface area contributed by atoms with Crippen LogP contribution in [0.15, 0.2) is 24.4 Å². The largest absolute Gasteiger partial charge is 0.393 e. The molecule has 3 N–H and O–H groups in total. The summed E-state index contributed by atoms with van der Waals surface area (Å²) in [5, 5.41) is 24.0. The lowest BCUT2D eigenvalue weighted by Gasteiger charge is -2.14. The topological polar surface area (TPSA) is 108 Å². The number of nitro benzene ring substituents is 1. The van der Waals surface area contributed by atoms with Crippen molar-refractivity contribution in [2.45, 2.75) is 25.4 Å². The zero-order valence-corrected chi connectivity index (χ0v) is 11.9. The number of aliphatic hydroxyl groups excluding tert-OH is 1. The minimum atomic E-state index is -0.483. The highest BCUT2D eigenvalue weighted by Gasteiger charge is 2.26. The summed E-state index contributed by atoms with van der Waals surface area (Å²) >= 11 is 0. The average Bonchev–Trinajstić information content (AvgIpc) is 3.10. The molecule has 116 valence electrons. The quantitative estimate of drug-likeness (QED) is 0.592. The number of amides is 1. The summed E-state index contributed by atoms with van der Waals surface area (Å²) in [6, 6.07) is 4.38. The van der Waals surface area contributed by atoms with E-state index >= 15 is 0 Å². The number of carbonyl (C=O) groups excluding carboxylic acids is 1. The van der Waals surface area contributed by atoms with E-state index in [4.69, 9.17) is 0 Å². The summed E-state index contributed by atoms with van der Waals surface area (Å²) in [7, 11) is 0. The van der Waals surface area contributed by atoms with Crippen LogP contribution in [0.2, 0.25) is 0 Å². The molecule has 1 fully saturated rings. The van der Waals surface area contributed by atoms with Crippen molar-refractivity contribution < 1.29 is 14.8 Å². The first-order valence-corrected chi connectivity index (χ1v) is 7.28. The van der Waals surface area contributed by atoms with Crippen molar-refractivity contribution in [3.05, 3.63) is 40.1 Å². The molecule has 1 amide bonds. The molecule has 7 nitrogen and oxygen atoms in total. The lowest BCUT2D eigenvalue weighted by atomic mass is 10.1. The number of carbonyl (C=O) groups is 1. The fraction of sp³-hybridized carbons (Fsp3) is 0.400. The summed E-state index contributed by atoms with van der Waals surface area (Å²) < 4.78 is 0. The van der Waals surface area contributed by atoms with Crippen LogP contribution in [0.5, 0.6) is 0 Å². The number of nitro groups is 1. The van der Waals surface area contributed by atoms with Crippen molar-refractivity contribution in [1.29, 1.82) is 0 Å². The molecular weight excluding hydrogens is 286 g/mol. The number of rotatable bonds is 4. The second-order valence-electron chi connectivity index (χ2n) is 5.66. The molecule has 0 bridgehead atoms. The van der Waals surface area contributed by atoms with Gasteiger partial charge in [-0.05, 0) is 18.9 Å². The van der Waals surface area contributed by atoms with E-state index in [9.17, 15) is 20.0 Å². The Morgan fingerprint density at radius 1 is 1.45 bits per heavy atom. The summed E-state index contributed by atoms with van der Waals surface area (Å²) in [4.78, 5) is 25.6. The van der Waals surface area contributed by atoms with Crippen molar-refractivity contribution in [3.8, 4) is 0 Å². The Hall–Kier alpha value is -2.41. The minimum absolute atomic E-state index is 0.0487. The molecule has 2 aromatic rings. The van der Waals surface area contributed by atoms with Gasteiger partial charge in [0, 0.05) is 41.7 Å². The molecule has 0 saturated heterocycles. The number of hydrogen-bond acceptors (Lipinski definition) is 4. The van der Waals surface area contributed by atoms with Crippen LogP contribution in [0, 0.1) is 16.0 Å². The molecule has 22 heavy (non-hydrogen) atoms. The SMILES string of the molecule is O=C(NCC1CCCC1O)c1c[nH]c2ccc([N+](=O)[O-])cc12. The van der Waals surface area contributed by atoms with Gasteiger partial charge < -0.3 is 15.4 Å². The summed E-state index contributed by atoms with van der Waals surface area (Å²) in [5.41, 5.74) is 1.01. The van der Waals surface area contributed by atoms with Crippen LogP contribution in [0.3, 0.4) is 0 Å². The number of non-ortho nitro benzene ring substituents is 1. The Bertz CT molecular complexity index is 725. The molecule has 2 atom stereocenters. The van der Waals surface area contributed by atoms with Crippen LogP contribution < -0.4 is 5.32 Å². The second kappa shape index (κ2) is 5.76. The number of H-pyrrole nitrogens is 1. The van der Waals surface area contributed by atoms with E-state index in [1.165, 1.54) is 12.1 Å². The third-order valence-electron chi connectivity index (χ3n) is 4.26. The zero-order valence-electron chi connectivity index (χ0n) is 11.9. The maximum atomic E-state index is 12.3. The first-order chi connectivity index (χ1) is 10.6. The highest BCUT2D eigenvalue weighted by Crippen LogP contribution is 2.26. The third-order valence-corrected chi connectivity index (χ3v) is 4.26. The highest BCUT2D eigenvalue weighted by molar-refractivity contribution is 6.07. The van der Waals surface area contributed by atoms with Gasteiger partial charge in [-0.1, -0.05) is 6.42 Å². The first-order valence-electron chi connectivity index (χ1n) is 7.28. The zero-order chi connectivity index (χ0) is 15.7. The van der Waals surface area contributed by atoms with Crippen molar-refractivity contribution in [2.24, 2.45) is 5.92 Å². The number of nitrogens with zero attached hydrogens (tertiary/aromatic N) is 1. The number of aliphatic hydroxyl groups is 1. The summed E-state index contributed by atoms with van der Waals surface area (Å²) in [6.45, 7) is 0.418. The van der Waals surface area contributed by atoms with Crippen molar-refractivity contribution in [1.82, 2.24) is 10.3 Å². The second-order valence-corrected chi connectivity index (χ2v) is 5.66. The molecule has 1 aromatic heterocycles. The monoisotopic (exact) mass is 303 g/mol. The van der Waals surface area contributed by atoms with E-state index in [0.717, 1.165) is 19.3 Å². The van der Waals surface area contributed by atoms with E-state index in [0.29, 0.717) is 23.0 Å². The van der Waals surface area contributed by atoms with Crippen molar-refractivity contribution in [2.75, 3.05) is 6.54 Å². The van der Waals surface area contributed by atoms with Crippen LogP contribution in [0.25, 0.3) is 10.9 Å². The molecule has 7 heteroatoms. The van der Waals surface area contributed by atoms with Gasteiger partial charge in [0.25, 0.3) is 11.6 Å². The standard InChI is InChI=1S/C15H17N3O4/c19-14-3-1-2-9(14)7-17-15(20)12-8-16-13-5-4-10(18(21)22)6-11(12)13/h4-6,8-9,14,16,19H,1-3,7H2,(H,17,20). The Morgan fingerprint density at radius 3 is 2.95 bits per heavy atom. The van der Waals surface area contributed by atoms with Crippen LogP contribution >= 0.6 is 0 Å². The van der Waals surface area contributed by atoms with E-state index in [-0.39, 0.29) is 23.6 Å². The lowest BCUT2D eigenvalue weighted by molar-refractivity contribution is -0.384. The fourth-order valence-corrected chi connectivity index (χ4v) is 2.98. The van der Waals surface area contributed by atoms with Gasteiger partial charge in [0.1, 0.15) is 0 Å². The summed E-state index contributed by atoms with van der Waals surface area (Å²) in [5.74, 6) is -0.200. The Kier molecular flexibility index (Phi) is 3.81. The van der Waals surface area contributed by atoms with Crippen molar-refractivity contribution >= 4 is 22.5 Å². The predicted molar refractivity (Wildman–Crippen MR) is 80.6 cm³/mol. The predicted octanol–water partition coefficient (Wildman–Crippen LogP) is 1.97. The van der Waals surface area contributed by atoms with Gasteiger partial charge in [-0.3, -0.25) is 14.9 Å². The van der Waals surface area contributed by atoms with Crippen LogP contribution in [0.4, 0.5) is 5.69 Å². The molecular formula is C15H17N3O4. The van der Waals surface area contributed by atoms with Crippen molar-refractivity contribution in [3.63, 3.8) is 0 Å². The van der Waals surface area contributed by atoms with E-state index < -0.39 is 4.92 Å². The number of hydrogen-bond donors (Lipinski definition) is 3. The number of aromatic amines is 1. The van der Waals surface area contributed by atoms with Gasteiger partial charge in [-0.2, -0.15) is 0 Å². The first kappa shape index (κ1) is 14.5. The molecule has 1 aliphatic rings. The summed E-state index contributed by atoms with van der Waals surface area (Å²) in [6.07, 6.45) is 3.85. The number of benzene rings is 1. The van der Waals surface area contributed by atoms with Crippen LogP contribution in [0.1, 0.15) is 29.6 Å². The molecule has 3 rings (SSSR count). The number of fused-ring (bicyclic) bond motifs is 1. The molecule has 0 spiro atoms. The molecule has 1 aliphatic carbocycles. The molecule has 2 unspecified atom stereocenters. The Morgan fingerprint density at radius 2 is 2.27 bits per heavy atom. The van der Waals surface area contributed by atoms with Gasteiger partial charge in [0.15, 0.2) is 0 Å². The molecule has 1 aromatic carbocycles. The van der Waals surface area contributed by atoms with Crippen LogP contribution in [-0.2, 0) is 0 Å². The number of aromatic nitrogens is 1.